The van der Waals surface area contributed by atoms with Gasteiger partial charge in [-0.15, -0.1) is 11.3 Å². The van der Waals surface area contributed by atoms with Crippen LogP contribution in [0.3, 0.4) is 0 Å². The van der Waals surface area contributed by atoms with Crippen LogP contribution >= 0.6 is 11.3 Å². The van der Waals surface area contributed by atoms with E-state index in [9.17, 15) is 9.90 Å². The van der Waals surface area contributed by atoms with Crippen LogP contribution in [-0.2, 0) is 4.79 Å². The van der Waals surface area contributed by atoms with Gasteiger partial charge in [-0.25, -0.2) is 4.98 Å². The van der Waals surface area contributed by atoms with Crippen molar-refractivity contribution in [1.82, 2.24) is 10.3 Å². The summed E-state index contributed by atoms with van der Waals surface area (Å²) >= 11 is 1.32. The first-order valence-electron chi connectivity index (χ1n) is 7.46. The summed E-state index contributed by atoms with van der Waals surface area (Å²) in [4.78, 5) is 16.7. The molecule has 1 atom stereocenters. The number of ether oxygens (including phenoxy) is 1. The third kappa shape index (κ3) is 3.36. The van der Waals surface area contributed by atoms with Crippen LogP contribution < -0.4 is 15.4 Å². The Bertz CT molecular complexity index is 695. The standard InChI is InChI=1S/C16H19N3O3S/c1-22-13-6-3-2-5-11(13)12-9-23-15(18-12)19-14(20)16(21)7-4-8-17-10-16/h2-3,5-6,9,17,21H,4,7-8,10H2,1H3,(H,18,19,20). The maximum Gasteiger partial charge on any atom is 0.259 e. The zero-order valence-electron chi connectivity index (χ0n) is 12.8. The Morgan fingerprint density at radius 1 is 1.48 bits per heavy atom. The summed E-state index contributed by atoms with van der Waals surface area (Å²) in [5.74, 6) is 0.316. The number of thiazole rings is 1. The number of piperidine rings is 1. The molecule has 1 amide bonds. The molecule has 1 aromatic heterocycles. The van der Waals surface area contributed by atoms with Crippen molar-refractivity contribution in [2.24, 2.45) is 0 Å². The van der Waals surface area contributed by atoms with Crippen LogP contribution in [0, 0.1) is 0 Å². The van der Waals surface area contributed by atoms with Crippen molar-refractivity contribution in [1.29, 1.82) is 0 Å². The van der Waals surface area contributed by atoms with Gasteiger partial charge in [-0.3, -0.25) is 10.1 Å². The first-order chi connectivity index (χ1) is 11.1. The van der Waals surface area contributed by atoms with Gasteiger partial charge < -0.3 is 15.2 Å². The zero-order chi connectivity index (χ0) is 16.3. The van der Waals surface area contributed by atoms with Crippen molar-refractivity contribution in [2.75, 3.05) is 25.5 Å². The first kappa shape index (κ1) is 15.9. The summed E-state index contributed by atoms with van der Waals surface area (Å²) in [6.45, 7) is 1.09. The number of amides is 1. The van der Waals surface area contributed by atoms with Crippen molar-refractivity contribution in [3.05, 3.63) is 29.6 Å². The van der Waals surface area contributed by atoms with Crippen molar-refractivity contribution in [2.45, 2.75) is 18.4 Å². The van der Waals surface area contributed by atoms with Gasteiger partial charge in [0.2, 0.25) is 0 Å². The van der Waals surface area contributed by atoms with Crippen LogP contribution in [0.1, 0.15) is 12.8 Å². The summed E-state index contributed by atoms with van der Waals surface area (Å²) in [7, 11) is 1.61. The average Bonchev–Trinajstić information content (AvgIpc) is 3.04. The summed E-state index contributed by atoms with van der Waals surface area (Å²) in [6, 6.07) is 7.58. The number of carbonyl (C=O) groups is 1. The number of para-hydroxylation sites is 1. The second kappa shape index (κ2) is 6.66. The molecule has 1 aliphatic heterocycles. The molecule has 3 N–H and O–H groups in total. The van der Waals surface area contributed by atoms with Gasteiger partial charge in [0.1, 0.15) is 5.75 Å². The highest BCUT2D eigenvalue weighted by Gasteiger charge is 2.37. The van der Waals surface area contributed by atoms with E-state index in [-0.39, 0.29) is 6.54 Å². The van der Waals surface area contributed by atoms with Gasteiger partial charge >= 0.3 is 0 Å². The van der Waals surface area contributed by atoms with E-state index >= 15 is 0 Å². The predicted molar refractivity (Wildman–Crippen MR) is 89.8 cm³/mol. The fraction of sp³-hybridized carbons (Fsp3) is 0.375. The number of nitrogens with one attached hydrogen (secondary N) is 2. The quantitative estimate of drug-likeness (QED) is 0.795. The van der Waals surface area contributed by atoms with Gasteiger partial charge in [-0.2, -0.15) is 0 Å². The number of anilines is 1. The predicted octanol–water partition coefficient (Wildman–Crippen LogP) is 1.87. The number of β-amino-alcohol motifs (C(OH)–C–C–N with tert-alkyl or cyclic N) is 1. The number of nitrogens with zero attached hydrogens (tertiary/aromatic N) is 1. The lowest BCUT2D eigenvalue weighted by atomic mass is 9.93. The Morgan fingerprint density at radius 2 is 2.30 bits per heavy atom. The van der Waals surface area contributed by atoms with Crippen molar-refractivity contribution < 1.29 is 14.6 Å². The largest absolute Gasteiger partial charge is 0.496 e. The molecule has 0 radical (unpaired) electrons. The highest BCUT2D eigenvalue weighted by Crippen LogP contribution is 2.32. The molecule has 1 unspecified atom stereocenters. The molecule has 0 spiro atoms. The van der Waals surface area contributed by atoms with E-state index in [2.05, 4.69) is 15.6 Å². The smallest absolute Gasteiger partial charge is 0.259 e. The molecular formula is C16H19N3O3S. The number of rotatable bonds is 4. The monoisotopic (exact) mass is 333 g/mol. The van der Waals surface area contributed by atoms with Crippen LogP contribution in [-0.4, -0.2) is 41.8 Å². The van der Waals surface area contributed by atoms with Crippen molar-refractivity contribution in [3.8, 4) is 17.0 Å². The molecule has 1 fully saturated rings. The number of carbonyl (C=O) groups excluding carboxylic acids is 1. The normalized spacial score (nSPS) is 21.0. The van der Waals surface area contributed by atoms with E-state index in [1.54, 1.807) is 7.11 Å². The van der Waals surface area contributed by atoms with Gasteiger partial charge in [0, 0.05) is 17.5 Å². The third-order valence-corrected chi connectivity index (χ3v) is 4.65. The van der Waals surface area contributed by atoms with E-state index in [0.29, 0.717) is 11.6 Å². The van der Waals surface area contributed by atoms with Crippen LogP contribution in [0.2, 0.25) is 0 Å². The minimum atomic E-state index is -1.37. The SMILES string of the molecule is COc1ccccc1-c1csc(NC(=O)C2(O)CCCNC2)n1. The van der Waals surface area contributed by atoms with Crippen molar-refractivity contribution >= 4 is 22.4 Å². The summed E-state index contributed by atoms with van der Waals surface area (Å²) < 4.78 is 5.33. The average molecular weight is 333 g/mol. The number of aliphatic hydroxyl groups is 1. The number of aromatic nitrogens is 1. The topological polar surface area (TPSA) is 83.5 Å². The lowest BCUT2D eigenvalue weighted by Crippen LogP contribution is -2.53. The van der Waals surface area contributed by atoms with Gasteiger partial charge in [-0.05, 0) is 31.5 Å². The van der Waals surface area contributed by atoms with Crippen LogP contribution in [0.25, 0.3) is 11.3 Å². The van der Waals surface area contributed by atoms with Crippen LogP contribution in [0.15, 0.2) is 29.6 Å². The van der Waals surface area contributed by atoms with Gasteiger partial charge in [0.25, 0.3) is 5.91 Å². The highest BCUT2D eigenvalue weighted by atomic mass is 32.1. The molecule has 3 rings (SSSR count). The molecule has 2 aromatic rings. The second-order valence-corrected chi connectivity index (χ2v) is 6.36. The molecule has 7 heteroatoms. The third-order valence-electron chi connectivity index (χ3n) is 3.89. The Balaban J connectivity index is 1.76. The second-order valence-electron chi connectivity index (χ2n) is 5.50. The Labute approximate surface area is 138 Å². The van der Waals surface area contributed by atoms with Gasteiger partial charge in [-0.1, -0.05) is 12.1 Å². The summed E-state index contributed by atoms with van der Waals surface area (Å²) in [6.07, 6.45) is 1.23. The Hall–Kier alpha value is -1.96. The molecule has 2 heterocycles. The molecule has 23 heavy (non-hydrogen) atoms. The molecule has 0 saturated carbocycles. The van der Waals surface area contributed by atoms with Gasteiger partial charge in [0.15, 0.2) is 10.7 Å². The van der Waals surface area contributed by atoms with Crippen molar-refractivity contribution in [3.63, 3.8) is 0 Å². The molecule has 1 saturated heterocycles. The highest BCUT2D eigenvalue weighted by molar-refractivity contribution is 7.14. The molecule has 1 aromatic carbocycles. The molecule has 6 nitrogen and oxygen atoms in total. The molecular weight excluding hydrogens is 314 g/mol. The minimum absolute atomic E-state index is 0.267. The lowest BCUT2D eigenvalue weighted by Gasteiger charge is -2.30. The van der Waals surface area contributed by atoms with Crippen LogP contribution in [0.4, 0.5) is 5.13 Å². The fourth-order valence-corrected chi connectivity index (χ4v) is 3.31. The van der Waals surface area contributed by atoms with E-state index < -0.39 is 11.5 Å². The van der Waals surface area contributed by atoms with Crippen LogP contribution in [0.5, 0.6) is 5.75 Å². The zero-order valence-corrected chi connectivity index (χ0v) is 13.7. The lowest BCUT2D eigenvalue weighted by molar-refractivity contribution is -0.135. The maximum atomic E-state index is 12.3. The summed E-state index contributed by atoms with van der Waals surface area (Å²) in [5, 5.41) is 18.5. The van der Waals surface area contributed by atoms with E-state index in [4.69, 9.17) is 4.74 Å². The van der Waals surface area contributed by atoms with Gasteiger partial charge in [0.05, 0.1) is 12.8 Å². The Kier molecular flexibility index (Phi) is 4.61. The van der Waals surface area contributed by atoms with E-state index in [1.807, 2.05) is 29.6 Å². The fourth-order valence-electron chi connectivity index (χ4n) is 2.61. The molecule has 1 aliphatic rings. The van der Waals surface area contributed by atoms with E-state index in [1.165, 1.54) is 11.3 Å². The molecule has 0 bridgehead atoms. The van der Waals surface area contributed by atoms with E-state index in [0.717, 1.165) is 30.0 Å². The summed E-state index contributed by atoms with van der Waals surface area (Å²) in [5.41, 5.74) is 0.232. The first-order valence-corrected chi connectivity index (χ1v) is 8.34. The maximum absolute atomic E-state index is 12.3. The molecule has 122 valence electrons. The number of methoxy groups -OCH3 is 1. The minimum Gasteiger partial charge on any atom is -0.496 e. The number of benzene rings is 1. The Morgan fingerprint density at radius 3 is 3.04 bits per heavy atom. The molecule has 0 aliphatic carbocycles. The number of hydrogen-bond donors (Lipinski definition) is 3. The number of hydrogen-bond acceptors (Lipinski definition) is 6.